The summed E-state index contributed by atoms with van der Waals surface area (Å²) in [5.41, 5.74) is 2.32. The number of ether oxygens (including phenoxy) is 1. The van der Waals surface area contributed by atoms with Gasteiger partial charge in [-0.25, -0.2) is 4.98 Å². The van der Waals surface area contributed by atoms with Crippen LogP contribution >= 0.6 is 11.3 Å². The number of fused-ring (bicyclic) bond motifs is 4. The number of rotatable bonds is 3. The third-order valence-corrected chi connectivity index (χ3v) is 6.69. The number of aryl methyl sites for hydroxylation is 2. The third-order valence-electron chi connectivity index (χ3n) is 5.49. The number of aromatic nitrogens is 2. The van der Waals surface area contributed by atoms with E-state index in [1.54, 1.807) is 29.3 Å². The normalized spacial score (nSPS) is 13.8. The Morgan fingerprint density at radius 2 is 2.00 bits per heavy atom. The van der Waals surface area contributed by atoms with Crippen LogP contribution < -0.4 is 10.3 Å². The smallest absolute Gasteiger partial charge is 0.262 e. The number of nitrogens with zero attached hydrogens (tertiary/aromatic N) is 2. The molecule has 2 aromatic heterocycles. The van der Waals surface area contributed by atoms with Gasteiger partial charge >= 0.3 is 0 Å². The van der Waals surface area contributed by atoms with Crippen molar-refractivity contribution in [2.75, 3.05) is 7.11 Å². The van der Waals surface area contributed by atoms with Gasteiger partial charge in [0, 0.05) is 10.4 Å². The molecule has 5 heteroatoms. The quantitative estimate of drug-likeness (QED) is 0.527. The Bertz CT molecular complexity index is 1220. The van der Waals surface area contributed by atoms with Crippen LogP contribution in [0.4, 0.5) is 0 Å². The second-order valence-electron chi connectivity index (χ2n) is 7.04. The van der Waals surface area contributed by atoms with E-state index in [-0.39, 0.29) is 5.56 Å². The average molecular weight is 376 g/mol. The zero-order valence-corrected chi connectivity index (χ0v) is 16.0. The minimum atomic E-state index is 0.0642. The summed E-state index contributed by atoms with van der Waals surface area (Å²) < 4.78 is 7.33. The van der Waals surface area contributed by atoms with E-state index in [4.69, 9.17) is 4.74 Å². The summed E-state index contributed by atoms with van der Waals surface area (Å²) in [7, 11) is 1.67. The van der Waals surface area contributed by atoms with E-state index in [9.17, 15) is 4.79 Å². The van der Waals surface area contributed by atoms with E-state index in [2.05, 4.69) is 23.2 Å². The lowest BCUT2D eigenvalue weighted by Crippen LogP contribution is -2.22. The lowest BCUT2D eigenvalue weighted by molar-refractivity contribution is 0.409. The molecule has 0 fully saturated rings. The molecule has 4 nitrogen and oxygen atoms in total. The highest BCUT2D eigenvalue weighted by molar-refractivity contribution is 7.18. The van der Waals surface area contributed by atoms with Crippen molar-refractivity contribution in [1.29, 1.82) is 0 Å². The molecule has 136 valence electrons. The van der Waals surface area contributed by atoms with Crippen molar-refractivity contribution in [3.05, 3.63) is 69.1 Å². The van der Waals surface area contributed by atoms with E-state index >= 15 is 0 Å². The fourth-order valence-electron chi connectivity index (χ4n) is 4.13. The van der Waals surface area contributed by atoms with Gasteiger partial charge in [0.2, 0.25) is 0 Å². The highest BCUT2D eigenvalue weighted by Gasteiger charge is 2.20. The molecule has 0 atom stereocenters. The van der Waals surface area contributed by atoms with Crippen molar-refractivity contribution in [1.82, 2.24) is 9.55 Å². The zero-order chi connectivity index (χ0) is 18.4. The van der Waals surface area contributed by atoms with E-state index in [0.717, 1.165) is 51.6 Å². The summed E-state index contributed by atoms with van der Waals surface area (Å²) in [5, 5.41) is 3.08. The van der Waals surface area contributed by atoms with Gasteiger partial charge in [-0.15, -0.1) is 11.3 Å². The molecule has 4 aromatic rings. The predicted molar refractivity (Wildman–Crippen MR) is 110 cm³/mol. The van der Waals surface area contributed by atoms with Crippen molar-refractivity contribution in [2.24, 2.45) is 0 Å². The molecule has 0 spiro atoms. The van der Waals surface area contributed by atoms with Crippen molar-refractivity contribution in [2.45, 2.75) is 32.2 Å². The summed E-state index contributed by atoms with van der Waals surface area (Å²) in [6.07, 6.45) is 6.13. The minimum Gasteiger partial charge on any atom is -0.496 e. The van der Waals surface area contributed by atoms with Crippen LogP contribution in [0, 0.1) is 0 Å². The Morgan fingerprint density at radius 1 is 1.15 bits per heavy atom. The van der Waals surface area contributed by atoms with Crippen LogP contribution in [-0.2, 0) is 19.4 Å². The zero-order valence-electron chi connectivity index (χ0n) is 15.2. The largest absolute Gasteiger partial charge is 0.496 e. The maximum absolute atomic E-state index is 13.3. The molecule has 0 unspecified atom stereocenters. The van der Waals surface area contributed by atoms with Gasteiger partial charge in [-0.3, -0.25) is 9.36 Å². The lowest BCUT2D eigenvalue weighted by Gasteiger charge is -2.14. The molecule has 2 aromatic carbocycles. The second kappa shape index (κ2) is 6.50. The summed E-state index contributed by atoms with van der Waals surface area (Å²) in [6, 6.07) is 12.2. The number of hydrogen-bond donors (Lipinski definition) is 0. The Morgan fingerprint density at radius 3 is 2.89 bits per heavy atom. The monoisotopic (exact) mass is 376 g/mol. The van der Waals surface area contributed by atoms with Crippen LogP contribution in [-0.4, -0.2) is 16.7 Å². The fraction of sp³-hybridized carbons (Fsp3) is 0.273. The first-order valence-electron chi connectivity index (χ1n) is 9.30. The van der Waals surface area contributed by atoms with Crippen LogP contribution in [0.2, 0.25) is 0 Å². The molecule has 0 aliphatic heterocycles. The molecule has 0 amide bonds. The van der Waals surface area contributed by atoms with E-state index < -0.39 is 0 Å². The molecule has 0 N–H and O–H groups in total. The van der Waals surface area contributed by atoms with Gasteiger partial charge in [-0.05, 0) is 48.1 Å². The SMILES string of the molecule is COc1ccc2ccccc2c1Cn1cnc2sc3c(c2c1=O)CCCC3. The molecule has 1 aliphatic carbocycles. The number of thiophene rings is 1. The van der Waals surface area contributed by atoms with E-state index in [1.807, 2.05) is 18.2 Å². The topological polar surface area (TPSA) is 44.1 Å². The molecule has 0 bridgehead atoms. The van der Waals surface area contributed by atoms with Gasteiger partial charge in [0.1, 0.15) is 10.6 Å². The average Bonchev–Trinajstić information content (AvgIpc) is 3.09. The highest BCUT2D eigenvalue weighted by Crippen LogP contribution is 2.34. The van der Waals surface area contributed by atoms with Gasteiger partial charge < -0.3 is 4.74 Å². The number of hydrogen-bond acceptors (Lipinski definition) is 4. The Labute approximate surface area is 161 Å². The van der Waals surface area contributed by atoms with Crippen LogP contribution in [0.5, 0.6) is 5.75 Å². The fourth-order valence-corrected chi connectivity index (χ4v) is 5.35. The Hall–Kier alpha value is -2.66. The van der Waals surface area contributed by atoms with Crippen molar-refractivity contribution >= 4 is 32.3 Å². The summed E-state index contributed by atoms with van der Waals surface area (Å²) in [4.78, 5) is 20.1. The van der Waals surface area contributed by atoms with Crippen LogP contribution in [0.1, 0.15) is 28.8 Å². The summed E-state index contributed by atoms with van der Waals surface area (Å²) >= 11 is 1.69. The minimum absolute atomic E-state index is 0.0642. The Kier molecular flexibility index (Phi) is 3.97. The van der Waals surface area contributed by atoms with Crippen LogP contribution in [0.25, 0.3) is 21.0 Å². The number of benzene rings is 2. The van der Waals surface area contributed by atoms with Crippen molar-refractivity contribution < 1.29 is 4.74 Å². The lowest BCUT2D eigenvalue weighted by atomic mass is 9.97. The molecule has 5 rings (SSSR count). The van der Waals surface area contributed by atoms with E-state index in [1.165, 1.54) is 16.9 Å². The molecule has 0 saturated carbocycles. The molecule has 1 aliphatic rings. The Balaban J connectivity index is 1.69. The summed E-state index contributed by atoms with van der Waals surface area (Å²) in [5.74, 6) is 0.799. The van der Waals surface area contributed by atoms with Gasteiger partial charge in [0.25, 0.3) is 5.56 Å². The first-order valence-corrected chi connectivity index (χ1v) is 10.1. The molecule has 27 heavy (non-hydrogen) atoms. The molecule has 0 radical (unpaired) electrons. The standard InChI is InChI=1S/C22H20N2O2S/c1-26-18-11-10-14-6-2-3-7-15(14)17(18)12-24-13-23-21-20(22(24)25)16-8-4-5-9-19(16)27-21/h2-3,6-7,10-11,13H,4-5,8-9,12H2,1H3. The molecular weight excluding hydrogens is 356 g/mol. The van der Waals surface area contributed by atoms with Crippen LogP contribution in [0.15, 0.2) is 47.5 Å². The van der Waals surface area contributed by atoms with Gasteiger partial charge in [-0.2, -0.15) is 0 Å². The third kappa shape index (κ3) is 2.65. The van der Waals surface area contributed by atoms with Gasteiger partial charge in [0.05, 0.1) is 25.4 Å². The van der Waals surface area contributed by atoms with Gasteiger partial charge in [0.15, 0.2) is 0 Å². The van der Waals surface area contributed by atoms with E-state index in [0.29, 0.717) is 6.54 Å². The molecular formula is C22H20N2O2S. The van der Waals surface area contributed by atoms with Crippen LogP contribution in [0.3, 0.4) is 0 Å². The molecule has 2 heterocycles. The van der Waals surface area contributed by atoms with Gasteiger partial charge in [-0.1, -0.05) is 30.3 Å². The number of methoxy groups -OCH3 is 1. The second-order valence-corrected chi connectivity index (χ2v) is 8.12. The van der Waals surface area contributed by atoms with Crippen molar-refractivity contribution in [3.63, 3.8) is 0 Å². The maximum atomic E-state index is 13.3. The molecule has 0 saturated heterocycles. The highest BCUT2D eigenvalue weighted by atomic mass is 32.1. The van der Waals surface area contributed by atoms with Crippen molar-refractivity contribution in [3.8, 4) is 5.75 Å². The first kappa shape index (κ1) is 16.5. The predicted octanol–water partition coefficient (Wildman–Crippen LogP) is 4.55. The maximum Gasteiger partial charge on any atom is 0.262 e. The first-order chi connectivity index (χ1) is 13.3. The summed E-state index contributed by atoms with van der Waals surface area (Å²) in [6.45, 7) is 0.455.